The van der Waals surface area contributed by atoms with E-state index in [-0.39, 0.29) is 11.9 Å². The van der Waals surface area contributed by atoms with Crippen molar-refractivity contribution in [2.45, 2.75) is 33.7 Å². The Morgan fingerprint density at radius 2 is 1.97 bits per heavy atom. The maximum absolute atomic E-state index is 11.1. The predicted octanol–water partition coefficient (Wildman–Crippen LogP) is 4.77. The quantitative estimate of drug-likeness (QED) is 0.655. The molecule has 1 heterocycles. The summed E-state index contributed by atoms with van der Waals surface area (Å²) in [5.74, 6) is 1.51. The monoisotopic (exact) mass is 394 g/mol. The van der Waals surface area contributed by atoms with Crippen LogP contribution in [0.4, 0.5) is 0 Å². The lowest BCUT2D eigenvalue weighted by Gasteiger charge is -2.22. The molecule has 5 nitrogen and oxygen atoms in total. The van der Waals surface area contributed by atoms with Gasteiger partial charge in [-0.2, -0.15) is 0 Å². The van der Waals surface area contributed by atoms with Crippen molar-refractivity contribution < 1.29 is 14.3 Å². The van der Waals surface area contributed by atoms with Crippen LogP contribution >= 0.6 is 0 Å². The van der Waals surface area contributed by atoms with Crippen molar-refractivity contribution in [1.29, 1.82) is 0 Å². The number of nitrogens with one attached hydrogen (secondary N) is 1. The molecule has 0 saturated carbocycles. The van der Waals surface area contributed by atoms with Gasteiger partial charge < -0.3 is 19.7 Å². The third-order valence-electron chi connectivity index (χ3n) is 4.10. The number of carbonyl (C=O) groups is 1. The van der Waals surface area contributed by atoms with Crippen molar-refractivity contribution in [2.24, 2.45) is 0 Å². The highest BCUT2D eigenvalue weighted by molar-refractivity contribution is 5.74. The summed E-state index contributed by atoms with van der Waals surface area (Å²) in [6.07, 6.45) is 11.9. The average molecular weight is 395 g/mol. The maximum Gasteiger partial charge on any atom is 0.217 e. The van der Waals surface area contributed by atoms with Gasteiger partial charge in [-0.3, -0.25) is 4.79 Å². The van der Waals surface area contributed by atoms with E-state index in [4.69, 9.17) is 9.47 Å². The largest absolute Gasteiger partial charge is 0.492 e. The summed E-state index contributed by atoms with van der Waals surface area (Å²) in [5, 5.41) is 2.80. The molecule has 1 unspecified atom stereocenters. The molecule has 0 bridgehead atoms. The van der Waals surface area contributed by atoms with Crippen LogP contribution in [0.5, 0.6) is 5.75 Å². The second-order valence-corrected chi connectivity index (χ2v) is 6.72. The number of allylic oxidation sites excluding steroid dienone is 5. The predicted molar refractivity (Wildman–Crippen MR) is 118 cm³/mol. The molecule has 0 aliphatic carbocycles. The number of rotatable bonds is 9. The van der Waals surface area contributed by atoms with E-state index in [1.165, 1.54) is 6.92 Å². The highest BCUT2D eigenvalue weighted by Crippen LogP contribution is 2.24. The lowest BCUT2D eigenvalue weighted by molar-refractivity contribution is -0.119. The van der Waals surface area contributed by atoms with Gasteiger partial charge in [0.05, 0.1) is 18.8 Å². The molecule has 1 N–H and O–H groups in total. The Kier molecular flexibility index (Phi) is 8.34. The molecule has 0 saturated heterocycles. The van der Waals surface area contributed by atoms with Crippen LogP contribution in [0.3, 0.4) is 0 Å². The lowest BCUT2D eigenvalue weighted by atomic mass is 10.1. The number of hydrogen-bond donors (Lipinski definition) is 1. The number of benzene rings is 1. The van der Waals surface area contributed by atoms with Crippen LogP contribution in [0.2, 0.25) is 0 Å². The van der Waals surface area contributed by atoms with E-state index in [0.717, 1.165) is 28.3 Å². The molecule has 2 rings (SSSR count). The minimum atomic E-state index is -0.0623. The van der Waals surface area contributed by atoms with Crippen molar-refractivity contribution in [3.8, 4) is 5.75 Å². The Bertz CT molecular complexity index is 832. The molecule has 154 valence electrons. The highest BCUT2D eigenvalue weighted by Gasteiger charge is 2.10. The fraction of sp³-hybridized carbons (Fsp3) is 0.292. The second-order valence-electron chi connectivity index (χ2n) is 6.72. The summed E-state index contributed by atoms with van der Waals surface area (Å²) in [7, 11) is 0. The third-order valence-corrected chi connectivity index (χ3v) is 4.10. The molecule has 0 spiro atoms. The fourth-order valence-electron chi connectivity index (χ4n) is 2.81. The molecular formula is C24H30N2O3. The molecule has 0 fully saturated rings. The minimum absolute atomic E-state index is 0.0443. The summed E-state index contributed by atoms with van der Waals surface area (Å²) in [6.45, 7) is 12.6. The summed E-state index contributed by atoms with van der Waals surface area (Å²) in [5.41, 5.74) is 2.90. The van der Waals surface area contributed by atoms with E-state index in [1.807, 2.05) is 86.6 Å². The normalized spacial score (nSPS) is 15.9. The van der Waals surface area contributed by atoms with Gasteiger partial charge in [0.2, 0.25) is 5.91 Å². The summed E-state index contributed by atoms with van der Waals surface area (Å²) in [6, 6.07) is 7.73. The van der Waals surface area contributed by atoms with Crippen LogP contribution < -0.4 is 10.1 Å². The summed E-state index contributed by atoms with van der Waals surface area (Å²) in [4.78, 5) is 13.1. The summed E-state index contributed by atoms with van der Waals surface area (Å²) >= 11 is 0. The van der Waals surface area contributed by atoms with Gasteiger partial charge in [0.15, 0.2) is 0 Å². The Balaban J connectivity index is 2.04. The Morgan fingerprint density at radius 1 is 1.24 bits per heavy atom. The van der Waals surface area contributed by atoms with Crippen molar-refractivity contribution >= 4 is 11.5 Å². The zero-order valence-corrected chi connectivity index (χ0v) is 17.6. The Morgan fingerprint density at radius 3 is 2.59 bits per heavy atom. The molecule has 0 aromatic heterocycles. The van der Waals surface area contributed by atoms with Gasteiger partial charge in [-0.1, -0.05) is 24.8 Å². The second kappa shape index (κ2) is 11.0. The molecule has 1 aliphatic rings. The molecule has 29 heavy (non-hydrogen) atoms. The first kappa shape index (κ1) is 22.1. The standard InChI is InChI=1S/C24H30N2O3/c1-6-14-26-16-24(28-7-2)13-10-22(26)15-18(3)21-8-11-23(12-9-21)29-17-19(4)25-20(5)27/h6,8-16,19H,3,7,17H2,1-2,4-5H3,(H,25,27). The molecule has 1 amide bonds. The first-order chi connectivity index (χ1) is 13.9. The molecule has 1 aromatic rings. The van der Waals surface area contributed by atoms with E-state index in [0.29, 0.717) is 13.2 Å². The van der Waals surface area contributed by atoms with Crippen molar-refractivity contribution in [2.75, 3.05) is 13.2 Å². The van der Waals surface area contributed by atoms with Gasteiger partial charge in [0.1, 0.15) is 18.1 Å². The van der Waals surface area contributed by atoms with Crippen molar-refractivity contribution in [1.82, 2.24) is 10.2 Å². The number of nitrogens with zero attached hydrogens (tertiary/aromatic N) is 1. The van der Waals surface area contributed by atoms with Crippen molar-refractivity contribution in [3.63, 3.8) is 0 Å². The number of hydrogen-bond acceptors (Lipinski definition) is 4. The van der Waals surface area contributed by atoms with E-state index < -0.39 is 0 Å². The molecule has 1 aliphatic heterocycles. The SMILES string of the molecule is C=C(C=C1C=CC(OCC)=CN1C=CC)c1ccc(OCC(C)NC(C)=O)cc1. The Hall–Kier alpha value is -3.21. The summed E-state index contributed by atoms with van der Waals surface area (Å²) < 4.78 is 11.3. The van der Waals surface area contributed by atoms with E-state index in [2.05, 4.69) is 11.9 Å². The van der Waals surface area contributed by atoms with Gasteiger partial charge in [-0.05, 0) is 62.3 Å². The topological polar surface area (TPSA) is 50.8 Å². The number of ether oxygens (including phenoxy) is 2. The van der Waals surface area contributed by atoms with Gasteiger partial charge in [0.25, 0.3) is 0 Å². The molecule has 1 aromatic carbocycles. The molecule has 0 radical (unpaired) electrons. The highest BCUT2D eigenvalue weighted by atomic mass is 16.5. The maximum atomic E-state index is 11.1. The van der Waals surface area contributed by atoms with E-state index in [1.54, 1.807) is 0 Å². The van der Waals surface area contributed by atoms with Gasteiger partial charge >= 0.3 is 0 Å². The lowest BCUT2D eigenvalue weighted by Crippen LogP contribution is -2.35. The molecule has 1 atom stereocenters. The van der Waals surface area contributed by atoms with Crippen molar-refractivity contribution in [3.05, 3.63) is 84.6 Å². The van der Waals surface area contributed by atoms with E-state index >= 15 is 0 Å². The first-order valence-electron chi connectivity index (χ1n) is 9.77. The van der Waals surface area contributed by atoms with E-state index in [9.17, 15) is 4.79 Å². The minimum Gasteiger partial charge on any atom is -0.492 e. The van der Waals surface area contributed by atoms with Gasteiger partial charge in [0, 0.05) is 18.8 Å². The van der Waals surface area contributed by atoms with Gasteiger partial charge in [-0.15, -0.1) is 0 Å². The number of carbonyl (C=O) groups excluding carboxylic acids is 1. The number of amides is 1. The Labute approximate surface area is 173 Å². The first-order valence-corrected chi connectivity index (χ1v) is 9.77. The van der Waals surface area contributed by atoms with Crippen LogP contribution in [0.1, 0.15) is 33.3 Å². The van der Waals surface area contributed by atoms with Crippen LogP contribution in [-0.2, 0) is 9.53 Å². The van der Waals surface area contributed by atoms with Crippen LogP contribution in [0.15, 0.2) is 79.0 Å². The van der Waals surface area contributed by atoms with Gasteiger partial charge in [-0.25, -0.2) is 0 Å². The van der Waals surface area contributed by atoms with Crippen LogP contribution in [0, 0.1) is 0 Å². The fourth-order valence-corrected chi connectivity index (χ4v) is 2.81. The third kappa shape index (κ3) is 7.03. The van der Waals surface area contributed by atoms with Crippen LogP contribution in [0.25, 0.3) is 5.57 Å². The molecular weight excluding hydrogens is 364 g/mol. The average Bonchev–Trinajstić information content (AvgIpc) is 2.68. The zero-order chi connectivity index (χ0) is 21.2. The zero-order valence-electron chi connectivity index (χ0n) is 17.6. The smallest absolute Gasteiger partial charge is 0.217 e. The molecule has 5 heteroatoms. The van der Waals surface area contributed by atoms with Crippen LogP contribution in [-0.4, -0.2) is 30.1 Å².